The number of aromatic nitrogens is 1. The van der Waals surface area contributed by atoms with Crippen LogP contribution in [-0.4, -0.2) is 60.6 Å². The number of carbonyl (C=O) groups is 2. The third kappa shape index (κ3) is 6.05. The molecular formula is C28H32N4O3. The molecular weight excluding hydrogens is 440 g/mol. The molecule has 1 aliphatic heterocycles. The van der Waals surface area contributed by atoms with Crippen molar-refractivity contribution in [3.8, 4) is 0 Å². The Morgan fingerprint density at radius 2 is 1.51 bits per heavy atom. The number of esters is 1. The Bertz CT molecular complexity index is 1060. The van der Waals surface area contributed by atoms with Gasteiger partial charge in [-0.1, -0.05) is 60.7 Å². The van der Waals surface area contributed by atoms with Gasteiger partial charge in [0.25, 0.3) is 0 Å². The van der Waals surface area contributed by atoms with Crippen LogP contribution in [0.5, 0.6) is 0 Å². The third-order valence-electron chi connectivity index (χ3n) is 6.38. The average Bonchev–Trinajstić information content (AvgIpc) is 2.92. The summed E-state index contributed by atoms with van der Waals surface area (Å²) in [6.45, 7) is 7.09. The van der Waals surface area contributed by atoms with E-state index in [0.29, 0.717) is 12.2 Å². The first-order valence-corrected chi connectivity index (χ1v) is 12.1. The number of anilines is 1. The molecule has 1 aliphatic rings. The number of nitrogens with one attached hydrogen (secondary N) is 1. The normalized spacial score (nSPS) is 15.0. The highest BCUT2D eigenvalue weighted by atomic mass is 16.5. The minimum atomic E-state index is -0.361. The standard InChI is InChI=1S/C28H32N4O3/c1-3-35-28(34)24-14-15-25(29-20-24)32-18-16-31(17-19-32)21(2)27(33)30-26(22-10-6-4-7-11-22)23-12-8-5-9-13-23/h4-15,20-21,26H,3,16-19H2,1-2H3,(H,30,33). The van der Waals surface area contributed by atoms with Crippen LogP contribution in [0.4, 0.5) is 5.82 Å². The van der Waals surface area contributed by atoms with Gasteiger partial charge in [-0.3, -0.25) is 9.69 Å². The second-order valence-corrected chi connectivity index (χ2v) is 8.59. The lowest BCUT2D eigenvalue weighted by atomic mass is 9.98. The predicted octanol–water partition coefficient (Wildman–Crippen LogP) is 3.67. The molecule has 7 heteroatoms. The van der Waals surface area contributed by atoms with Gasteiger partial charge in [0.1, 0.15) is 5.82 Å². The molecule has 0 aliphatic carbocycles. The second kappa shape index (κ2) is 11.6. The molecule has 1 N–H and O–H groups in total. The molecule has 7 nitrogen and oxygen atoms in total. The molecule has 1 aromatic heterocycles. The van der Waals surface area contributed by atoms with E-state index in [-0.39, 0.29) is 24.0 Å². The molecule has 182 valence electrons. The number of nitrogens with zero attached hydrogens (tertiary/aromatic N) is 3. The Morgan fingerprint density at radius 3 is 2.03 bits per heavy atom. The van der Waals surface area contributed by atoms with E-state index >= 15 is 0 Å². The van der Waals surface area contributed by atoms with E-state index in [9.17, 15) is 9.59 Å². The first kappa shape index (κ1) is 24.4. The van der Waals surface area contributed by atoms with Crippen LogP contribution < -0.4 is 10.2 Å². The molecule has 0 spiro atoms. The van der Waals surface area contributed by atoms with Crippen LogP contribution in [0.2, 0.25) is 0 Å². The first-order chi connectivity index (χ1) is 17.1. The van der Waals surface area contributed by atoms with Gasteiger partial charge in [0.15, 0.2) is 0 Å². The van der Waals surface area contributed by atoms with Gasteiger partial charge in [-0.25, -0.2) is 9.78 Å². The van der Waals surface area contributed by atoms with Gasteiger partial charge in [0.2, 0.25) is 5.91 Å². The Balaban J connectivity index is 1.36. The van der Waals surface area contributed by atoms with Gasteiger partial charge in [0, 0.05) is 32.4 Å². The summed E-state index contributed by atoms with van der Waals surface area (Å²) >= 11 is 0. The third-order valence-corrected chi connectivity index (χ3v) is 6.38. The number of benzene rings is 2. The van der Waals surface area contributed by atoms with Crippen LogP contribution in [0, 0.1) is 0 Å². The van der Waals surface area contributed by atoms with Gasteiger partial charge in [-0.15, -0.1) is 0 Å². The highest BCUT2D eigenvalue weighted by Gasteiger charge is 2.28. The summed E-state index contributed by atoms with van der Waals surface area (Å²) in [6.07, 6.45) is 1.56. The number of piperazine rings is 1. The van der Waals surface area contributed by atoms with Crippen LogP contribution in [0.1, 0.15) is 41.4 Å². The molecule has 0 saturated carbocycles. The monoisotopic (exact) mass is 472 g/mol. The maximum atomic E-state index is 13.3. The fraction of sp³-hybridized carbons (Fsp3) is 0.321. The number of amides is 1. The van der Waals surface area contributed by atoms with Gasteiger partial charge < -0.3 is 15.0 Å². The van der Waals surface area contributed by atoms with Crippen LogP contribution in [0.15, 0.2) is 79.0 Å². The van der Waals surface area contributed by atoms with Crippen molar-refractivity contribution in [3.63, 3.8) is 0 Å². The number of rotatable bonds is 8. The molecule has 2 heterocycles. The molecule has 35 heavy (non-hydrogen) atoms. The average molecular weight is 473 g/mol. The topological polar surface area (TPSA) is 74.8 Å². The number of hydrogen-bond acceptors (Lipinski definition) is 6. The lowest BCUT2D eigenvalue weighted by Gasteiger charge is -2.38. The molecule has 1 amide bonds. The van der Waals surface area contributed by atoms with Gasteiger partial charge in [-0.05, 0) is 37.1 Å². The quantitative estimate of drug-likeness (QED) is 0.504. The minimum absolute atomic E-state index is 0.00747. The highest BCUT2D eigenvalue weighted by Crippen LogP contribution is 2.23. The molecule has 4 rings (SSSR count). The highest BCUT2D eigenvalue weighted by molar-refractivity contribution is 5.89. The molecule has 3 aromatic rings. The van der Waals surface area contributed by atoms with Crippen LogP contribution in [0.3, 0.4) is 0 Å². The zero-order chi connectivity index (χ0) is 24.6. The summed E-state index contributed by atoms with van der Waals surface area (Å²) in [5, 5.41) is 3.27. The summed E-state index contributed by atoms with van der Waals surface area (Å²) in [7, 11) is 0. The SMILES string of the molecule is CCOC(=O)c1ccc(N2CCN(C(C)C(=O)NC(c3ccccc3)c3ccccc3)CC2)nc1. The summed E-state index contributed by atoms with van der Waals surface area (Å²) < 4.78 is 5.02. The largest absolute Gasteiger partial charge is 0.462 e. The smallest absolute Gasteiger partial charge is 0.339 e. The van der Waals surface area contributed by atoms with Gasteiger partial charge >= 0.3 is 5.97 Å². The number of hydrogen-bond donors (Lipinski definition) is 1. The van der Waals surface area contributed by atoms with Crippen molar-refractivity contribution >= 4 is 17.7 Å². The van der Waals surface area contributed by atoms with E-state index in [1.807, 2.05) is 73.7 Å². The van der Waals surface area contributed by atoms with E-state index in [1.165, 1.54) is 0 Å². The van der Waals surface area contributed by atoms with Crippen molar-refractivity contribution in [1.82, 2.24) is 15.2 Å². The zero-order valence-corrected chi connectivity index (χ0v) is 20.3. The lowest BCUT2D eigenvalue weighted by molar-refractivity contribution is -0.126. The van der Waals surface area contributed by atoms with E-state index in [2.05, 4.69) is 20.1 Å². The zero-order valence-electron chi connectivity index (χ0n) is 20.3. The van der Waals surface area contributed by atoms with E-state index in [1.54, 1.807) is 19.2 Å². The molecule has 2 aromatic carbocycles. The van der Waals surface area contributed by atoms with E-state index in [4.69, 9.17) is 4.74 Å². The molecule has 0 bridgehead atoms. The summed E-state index contributed by atoms with van der Waals surface area (Å²) in [5.41, 5.74) is 2.56. The van der Waals surface area contributed by atoms with Crippen LogP contribution in [-0.2, 0) is 9.53 Å². The van der Waals surface area contributed by atoms with Crippen molar-refractivity contribution in [3.05, 3.63) is 95.7 Å². The molecule has 1 fully saturated rings. The van der Waals surface area contributed by atoms with Crippen LogP contribution in [0.25, 0.3) is 0 Å². The second-order valence-electron chi connectivity index (χ2n) is 8.59. The molecule has 1 unspecified atom stereocenters. The van der Waals surface area contributed by atoms with Crippen molar-refractivity contribution < 1.29 is 14.3 Å². The Labute approximate surface area is 206 Å². The maximum Gasteiger partial charge on any atom is 0.339 e. The summed E-state index contributed by atoms with van der Waals surface area (Å²) in [4.78, 5) is 34.0. The predicted molar refractivity (Wildman–Crippen MR) is 136 cm³/mol. The fourth-order valence-electron chi connectivity index (χ4n) is 4.33. The van der Waals surface area contributed by atoms with Crippen molar-refractivity contribution in [2.24, 2.45) is 0 Å². The Morgan fingerprint density at radius 1 is 0.914 bits per heavy atom. The molecule has 0 radical (unpaired) electrons. The lowest BCUT2D eigenvalue weighted by Crippen LogP contribution is -2.54. The van der Waals surface area contributed by atoms with Crippen molar-refractivity contribution in [2.45, 2.75) is 25.9 Å². The van der Waals surface area contributed by atoms with Gasteiger partial charge in [0.05, 0.1) is 24.3 Å². The maximum absolute atomic E-state index is 13.3. The Kier molecular flexibility index (Phi) is 8.11. The fourth-order valence-corrected chi connectivity index (χ4v) is 4.33. The molecule has 1 saturated heterocycles. The van der Waals surface area contributed by atoms with E-state index in [0.717, 1.165) is 43.1 Å². The summed E-state index contributed by atoms with van der Waals surface area (Å²) in [5.74, 6) is 0.469. The first-order valence-electron chi connectivity index (χ1n) is 12.1. The van der Waals surface area contributed by atoms with E-state index < -0.39 is 0 Å². The van der Waals surface area contributed by atoms with Crippen LogP contribution >= 0.6 is 0 Å². The molecule has 1 atom stereocenters. The number of ether oxygens (including phenoxy) is 1. The van der Waals surface area contributed by atoms with Crippen molar-refractivity contribution in [1.29, 1.82) is 0 Å². The number of carbonyl (C=O) groups excluding carboxylic acids is 2. The summed E-state index contributed by atoms with van der Waals surface area (Å²) in [6, 6.07) is 23.2. The van der Waals surface area contributed by atoms with Crippen molar-refractivity contribution in [2.75, 3.05) is 37.7 Å². The number of pyridine rings is 1. The van der Waals surface area contributed by atoms with Gasteiger partial charge in [-0.2, -0.15) is 0 Å². The minimum Gasteiger partial charge on any atom is -0.462 e. The Hall–Kier alpha value is -3.71.